The van der Waals surface area contributed by atoms with E-state index in [2.05, 4.69) is 54.9 Å². The summed E-state index contributed by atoms with van der Waals surface area (Å²) >= 11 is 1.87. The molecule has 1 aromatic carbocycles. The van der Waals surface area contributed by atoms with Crippen LogP contribution in [-0.2, 0) is 0 Å². The second-order valence-electron chi connectivity index (χ2n) is 5.29. The number of aryl methyl sites for hydroxylation is 2. The molecule has 0 spiro atoms. The number of anilines is 1. The smallest absolute Gasteiger partial charge is 0.0634 e. The van der Waals surface area contributed by atoms with Gasteiger partial charge in [0.05, 0.1) is 6.04 Å². The Morgan fingerprint density at radius 1 is 1.22 bits per heavy atom. The fraction of sp³-hybridized carbons (Fsp3) is 0.375. The molecule has 1 nitrogen and oxygen atoms in total. The van der Waals surface area contributed by atoms with Gasteiger partial charge in [-0.15, -0.1) is 11.3 Å². The molecule has 2 heteroatoms. The Balaban J connectivity index is 1.86. The van der Waals surface area contributed by atoms with Crippen LogP contribution in [0.15, 0.2) is 35.7 Å². The van der Waals surface area contributed by atoms with Gasteiger partial charge in [0.2, 0.25) is 0 Å². The van der Waals surface area contributed by atoms with Crippen molar-refractivity contribution in [2.75, 3.05) is 5.32 Å². The highest BCUT2D eigenvalue weighted by molar-refractivity contribution is 7.10. The fourth-order valence-electron chi connectivity index (χ4n) is 2.38. The van der Waals surface area contributed by atoms with E-state index >= 15 is 0 Å². The molecule has 1 aliphatic rings. The Hall–Kier alpha value is -1.28. The van der Waals surface area contributed by atoms with Gasteiger partial charge >= 0.3 is 0 Å². The van der Waals surface area contributed by atoms with Crippen molar-refractivity contribution in [3.05, 3.63) is 51.7 Å². The topological polar surface area (TPSA) is 12.0 Å². The zero-order valence-electron chi connectivity index (χ0n) is 10.9. The largest absolute Gasteiger partial charge is 0.377 e. The third kappa shape index (κ3) is 2.44. The summed E-state index contributed by atoms with van der Waals surface area (Å²) in [6.07, 6.45) is 2.72. The number of hydrogen-bond donors (Lipinski definition) is 1. The monoisotopic (exact) mass is 257 g/mol. The maximum absolute atomic E-state index is 3.76. The van der Waals surface area contributed by atoms with Gasteiger partial charge in [0, 0.05) is 10.6 Å². The van der Waals surface area contributed by atoms with Crippen molar-refractivity contribution in [3.63, 3.8) is 0 Å². The fourth-order valence-corrected chi connectivity index (χ4v) is 3.25. The standard InChI is InChI=1S/C16H19NS/c1-11-5-6-12(2)14(10-11)17-16(13-7-8-13)15-4-3-9-18-15/h3-6,9-10,13,16-17H,7-8H2,1-2H3. The molecule has 1 saturated carbocycles. The van der Waals surface area contributed by atoms with Crippen LogP contribution in [0.4, 0.5) is 5.69 Å². The highest BCUT2D eigenvalue weighted by Crippen LogP contribution is 2.44. The predicted molar refractivity (Wildman–Crippen MR) is 79.3 cm³/mol. The molecule has 0 aliphatic heterocycles. The minimum absolute atomic E-state index is 0.505. The Kier molecular flexibility index (Phi) is 3.13. The average Bonchev–Trinajstić information content (AvgIpc) is 3.05. The normalized spacial score (nSPS) is 16.6. The van der Waals surface area contributed by atoms with E-state index in [1.807, 2.05) is 11.3 Å². The summed E-state index contributed by atoms with van der Waals surface area (Å²) < 4.78 is 0. The first-order chi connectivity index (χ1) is 8.74. The van der Waals surface area contributed by atoms with Gasteiger partial charge in [-0.3, -0.25) is 0 Å². The summed E-state index contributed by atoms with van der Waals surface area (Å²) in [7, 11) is 0. The number of nitrogens with one attached hydrogen (secondary N) is 1. The van der Waals surface area contributed by atoms with Crippen molar-refractivity contribution in [3.8, 4) is 0 Å². The van der Waals surface area contributed by atoms with Crippen LogP contribution < -0.4 is 5.32 Å². The summed E-state index contributed by atoms with van der Waals surface area (Å²) in [6, 6.07) is 11.6. The zero-order chi connectivity index (χ0) is 12.5. The molecular weight excluding hydrogens is 238 g/mol. The van der Waals surface area contributed by atoms with Crippen LogP contribution in [0.1, 0.15) is 34.9 Å². The Morgan fingerprint density at radius 3 is 2.72 bits per heavy atom. The summed E-state index contributed by atoms with van der Waals surface area (Å²) in [5, 5.41) is 5.94. The predicted octanol–water partition coefficient (Wildman–Crippen LogP) is 4.93. The molecule has 2 aromatic rings. The van der Waals surface area contributed by atoms with Crippen LogP contribution in [0.25, 0.3) is 0 Å². The Morgan fingerprint density at radius 2 is 2.06 bits per heavy atom. The third-order valence-electron chi connectivity index (χ3n) is 3.65. The summed E-state index contributed by atoms with van der Waals surface area (Å²) in [5.41, 5.74) is 3.95. The number of thiophene rings is 1. The van der Waals surface area contributed by atoms with E-state index < -0.39 is 0 Å². The molecule has 94 valence electrons. The average molecular weight is 257 g/mol. The van der Waals surface area contributed by atoms with Crippen LogP contribution in [0, 0.1) is 19.8 Å². The molecule has 1 aromatic heterocycles. The van der Waals surface area contributed by atoms with Gasteiger partial charge in [0.25, 0.3) is 0 Å². The van der Waals surface area contributed by atoms with E-state index in [9.17, 15) is 0 Å². The van der Waals surface area contributed by atoms with E-state index in [4.69, 9.17) is 0 Å². The third-order valence-corrected chi connectivity index (χ3v) is 4.60. The van der Waals surface area contributed by atoms with Crippen molar-refractivity contribution in [2.45, 2.75) is 32.7 Å². The number of rotatable bonds is 4. The minimum atomic E-state index is 0.505. The van der Waals surface area contributed by atoms with Crippen LogP contribution in [0.2, 0.25) is 0 Å². The molecule has 0 amide bonds. The van der Waals surface area contributed by atoms with Gasteiger partial charge in [0.15, 0.2) is 0 Å². The van der Waals surface area contributed by atoms with E-state index in [1.165, 1.54) is 34.5 Å². The van der Waals surface area contributed by atoms with Crippen LogP contribution in [-0.4, -0.2) is 0 Å². The molecular formula is C16H19NS. The summed E-state index contributed by atoms with van der Waals surface area (Å²) in [4.78, 5) is 1.47. The van der Waals surface area contributed by atoms with Gasteiger partial charge in [0.1, 0.15) is 0 Å². The van der Waals surface area contributed by atoms with Crippen molar-refractivity contribution in [2.24, 2.45) is 5.92 Å². The minimum Gasteiger partial charge on any atom is -0.377 e. The Bertz CT molecular complexity index is 526. The van der Waals surface area contributed by atoms with Gasteiger partial charge in [-0.1, -0.05) is 18.2 Å². The molecule has 0 bridgehead atoms. The van der Waals surface area contributed by atoms with E-state index in [0.717, 1.165) is 5.92 Å². The van der Waals surface area contributed by atoms with Crippen LogP contribution >= 0.6 is 11.3 Å². The summed E-state index contributed by atoms with van der Waals surface area (Å²) in [5.74, 6) is 0.823. The second kappa shape index (κ2) is 4.77. The lowest BCUT2D eigenvalue weighted by atomic mass is 10.1. The Labute approximate surface area is 113 Å². The first kappa shape index (κ1) is 11.8. The molecule has 0 saturated heterocycles. The first-order valence-corrected chi connectivity index (χ1v) is 7.49. The van der Waals surface area contributed by atoms with E-state index in [-0.39, 0.29) is 0 Å². The number of benzene rings is 1. The highest BCUT2D eigenvalue weighted by atomic mass is 32.1. The SMILES string of the molecule is Cc1ccc(C)c(NC(c2cccs2)C2CC2)c1. The van der Waals surface area contributed by atoms with E-state index in [0.29, 0.717) is 6.04 Å². The lowest BCUT2D eigenvalue weighted by Gasteiger charge is -2.20. The molecule has 1 N–H and O–H groups in total. The number of hydrogen-bond acceptors (Lipinski definition) is 2. The molecule has 1 fully saturated rings. The molecule has 1 heterocycles. The van der Waals surface area contributed by atoms with E-state index in [1.54, 1.807) is 0 Å². The highest BCUT2D eigenvalue weighted by Gasteiger charge is 2.33. The first-order valence-electron chi connectivity index (χ1n) is 6.61. The van der Waals surface area contributed by atoms with Gasteiger partial charge < -0.3 is 5.32 Å². The zero-order valence-corrected chi connectivity index (χ0v) is 11.8. The van der Waals surface area contributed by atoms with Crippen molar-refractivity contribution < 1.29 is 0 Å². The summed E-state index contributed by atoms with van der Waals surface area (Å²) in [6.45, 7) is 4.34. The van der Waals surface area contributed by atoms with Crippen molar-refractivity contribution in [1.29, 1.82) is 0 Å². The van der Waals surface area contributed by atoms with Gasteiger partial charge in [-0.25, -0.2) is 0 Å². The molecule has 1 unspecified atom stereocenters. The van der Waals surface area contributed by atoms with Crippen molar-refractivity contribution >= 4 is 17.0 Å². The maximum atomic E-state index is 3.76. The van der Waals surface area contributed by atoms with Crippen LogP contribution in [0.5, 0.6) is 0 Å². The van der Waals surface area contributed by atoms with Crippen molar-refractivity contribution in [1.82, 2.24) is 0 Å². The molecule has 1 aliphatic carbocycles. The van der Waals surface area contributed by atoms with Gasteiger partial charge in [-0.2, -0.15) is 0 Å². The quantitative estimate of drug-likeness (QED) is 0.819. The molecule has 18 heavy (non-hydrogen) atoms. The second-order valence-corrected chi connectivity index (χ2v) is 6.27. The lowest BCUT2D eigenvalue weighted by molar-refractivity contribution is 0.690. The van der Waals surface area contributed by atoms with Gasteiger partial charge in [-0.05, 0) is 61.2 Å². The molecule has 0 radical (unpaired) electrons. The molecule has 3 rings (SSSR count). The lowest BCUT2D eigenvalue weighted by Crippen LogP contribution is -2.12. The maximum Gasteiger partial charge on any atom is 0.0634 e. The molecule has 1 atom stereocenters. The van der Waals surface area contributed by atoms with Crippen LogP contribution in [0.3, 0.4) is 0 Å².